The summed E-state index contributed by atoms with van der Waals surface area (Å²) in [7, 11) is 3.39. The molecule has 5 nitrogen and oxygen atoms in total. The Labute approximate surface area is 151 Å². The second-order valence-electron chi connectivity index (χ2n) is 5.75. The molecule has 0 unspecified atom stereocenters. The average molecular weight is 392 g/mol. The molecule has 0 N–H and O–H groups in total. The highest BCUT2D eigenvalue weighted by molar-refractivity contribution is 9.10. The number of rotatable bonds is 5. The van der Waals surface area contributed by atoms with Crippen molar-refractivity contribution in [2.24, 2.45) is 0 Å². The fraction of sp³-hybridized carbons (Fsp3) is 0.389. The molecule has 0 bridgehead atoms. The van der Waals surface area contributed by atoms with Crippen LogP contribution in [0.1, 0.15) is 5.56 Å². The van der Waals surface area contributed by atoms with Gasteiger partial charge in [-0.1, -0.05) is 6.07 Å². The van der Waals surface area contributed by atoms with E-state index in [1.807, 2.05) is 30.5 Å². The minimum Gasteiger partial charge on any atom is -0.496 e. The first kappa shape index (κ1) is 17.0. The Balaban J connectivity index is 1.66. The van der Waals surface area contributed by atoms with Crippen LogP contribution in [0.3, 0.4) is 0 Å². The molecule has 0 radical (unpaired) electrons. The van der Waals surface area contributed by atoms with Gasteiger partial charge in [0.15, 0.2) is 0 Å². The molecule has 24 heavy (non-hydrogen) atoms. The van der Waals surface area contributed by atoms with Gasteiger partial charge in [-0.05, 0) is 40.2 Å². The number of benzene rings is 1. The molecule has 128 valence electrons. The Morgan fingerprint density at radius 3 is 2.42 bits per heavy atom. The zero-order valence-electron chi connectivity index (χ0n) is 14.0. The third-order valence-corrected chi connectivity index (χ3v) is 4.91. The van der Waals surface area contributed by atoms with Crippen LogP contribution in [0, 0.1) is 0 Å². The Morgan fingerprint density at radius 1 is 1.04 bits per heavy atom. The van der Waals surface area contributed by atoms with E-state index in [0.29, 0.717) is 0 Å². The number of nitrogens with zero attached hydrogens (tertiary/aromatic N) is 3. The molecule has 0 atom stereocenters. The molecule has 6 heteroatoms. The molecule has 0 aliphatic carbocycles. The predicted molar refractivity (Wildman–Crippen MR) is 99.0 cm³/mol. The maximum Gasteiger partial charge on any atom is 0.133 e. The zero-order valence-corrected chi connectivity index (χ0v) is 15.6. The number of pyridine rings is 1. The lowest BCUT2D eigenvalue weighted by Gasteiger charge is -2.35. The van der Waals surface area contributed by atoms with Crippen molar-refractivity contribution in [3.05, 3.63) is 46.6 Å². The summed E-state index contributed by atoms with van der Waals surface area (Å²) in [5, 5.41) is 0. The van der Waals surface area contributed by atoms with E-state index < -0.39 is 0 Å². The van der Waals surface area contributed by atoms with Crippen molar-refractivity contribution in [1.82, 2.24) is 9.88 Å². The second-order valence-corrected chi connectivity index (χ2v) is 6.60. The fourth-order valence-electron chi connectivity index (χ4n) is 2.96. The molecule has 1 fully saturated rings. The van der Waals surface area contributed by atoms with Crippen molar-refractivity contribution in [3.63, 3.8) is 0 Å². The summed E-state index contributed by atoms with van der Waals surface area (Å²) < 4.78 is 11.8. The number of methoxy groups -OCH3 is 2. The van der Waals surface area contributed by atoms with Gasteiger partial charge in [0, 0.05) is 44.5 Å². The van der Waals surface area contributed by atoms with Crippen molar-refractivity contribution < 1.29 is 9.47 Å². The Bertz CT molecular complexity index is 673. The van der Waals surface area contributed by atoms with Gasteiger partial charge in [0.2, 0.25) is 0 Å². The van der Waals surface area contributed by atoms with Gasteiger partial charge in [-0.2, -0.15) is 0 Å². The molecule has 1 aromatic carbocycles. The van der Waals surface area contributed by atoms with Crippen LogP contribution in [-0.2, 0) is 6.54 Å². The summed E-state index contributed by atoms with van der Waals surface area (Å²) in [6.45, 7) is 4.80. The summed E-state index contributed by atoms with van der Waals surface area (Å²) in [6.07, 6.45) is 1.85. The van der Waals surface area contributed by atoms with Gasteiger partial charge in [-0.25, -0.2) is 4.98 Å². The molecular formula is C18H22BrN3O2. The fourth-order valence-corrected chi connectivity index (χ4v) is 3.45. The molecule has 0 spiro atoms. The normalized spacial score (nSPS) is 15.4. The monoisotopic (exact) mass is 391 g/mol. The molecule has 1 aromatic heterocycles. The first-order chi connectivity index (χ1) is 11.7. The van der Waals surface area contributed by atoms with Crippen molar-refractivity contribution >= 4 is 21.7 Å². The first-order valence-electron chi connectivity index (χ1n) is 8.00. The largest absolute Gasteiger partial charge is 0.496 e. The van der Waals surface area contributed by atoms with Crippen LogP contribution >= 0.6 is 15.9 Å². The van der Waals surface area contributed by atoms with E-state index in [-0.39, 0.29) is 0 Å². The van der Waals surface area contributed by atoms with Gasteiger partial charge in [0.1, 0.15) is 17.3 Å². The van der Waals surface area contributed by atoms with Crippen molar-refractivity contribution in [2.75, 3.05) is 45.3 Å². The minimum absolute atomic E-state index is 0.831. The van der Waals surface area contributed by atoms with Crippen molar-refractivity contribution in [1.29, 1.82) is 0 Å². The zero-order chi connectivity index (χ0) is 16.9. The number of anilines is 1. The molecule has 1 saturated heterocycles. The minimum atomic E-state index is 0.831. The smallest absolute Gasteiger partial charge is 0.133 e. The van der Waals surface area contributed by atoms with Crippen LogP contribution in [0.5, 0.6) is 11.5 Å². The lowest BCUT2D eigenvalue weighted by atomic mass is 10.1. The van der Waals surface area contributed by atoms with E-state index in [9.17, 15) is 0 Å². The lowest BCUT2D eigenvalue weighted by Crippen LogP contribution is -2.46. The lowest BCUT2D eigenvalue weighted by molar-refractivity contribution is 0.245. The van der Waals surface area contributed by atoms with E-state index in [1.165, 1.54) is 0 Å². The topological polar surface area (TPSA) is 37.8 Å². The molecule has 1 aliphatic rings. The standard InChI is InChI=1S/C18H22BrN3O2/c1-23-16-12-15(19)17(24-2)11-14(16)13-21-7-9-22(10-8-21)18-5-3-4-6-20-18/h3-6,11-12H,7-10,13H2,1-2H3. The van der Waals surface area contributed by atoms with E-state index >= 15 is 0 Å². The van der Waals surface area contributed by atoms with Crippen molar-refractivity contribution in [2.45, 2.75) is 6.54 Å². The van der Waals surface area contributed by atoms with Crippen LogP contribution in [0.15, 0.2) is 41.0 Å². The summed E-state index contributed by atoms with van der Waals surface area (Å²) in [5.74, 6) is 2.77. The average Bonchev–Trinajstić information content (AvgIpc) is 2.64. The molecule has 3 rings (SSSR count). The number of aromatic nitrogens is 1. The van der Waals surface area contributed by atoms with Crippen LogP contribution in [0.2, 0.25) is 0 Å². The highest BCUT2D eigenvalue weighted by atomic mass is 79.9. The van der Waals surface area contributed by atoms with Crippen LogP contribution in [0.25, 0.3) is 0 Å². The van der Waals surface area contributed by atoms with Gasteiger partial charge < -0.3 is 14.4 Å². The van der Waals surface area contributed by atoms with Crippen LogP contribution in [0.4, 0.5) is 5.82 Å². The molecule has 1 aliphatic heterocycles. The molecule has 0 amide bonds. The summed E-state index contributed by atoms with van der Waals surface area (Å²) >= 11 is 3.51. The number of hydrogen-bond donors (Lipinski definition) is 0. The number of hydrogen-bond acceptors (Lipinski definition) is 5. The maximum atomic E-state index is 5.53. The molecule has 0 saturated carbocycles. The maximum absolute atomic E-state index is 5.53. The van der Waals surface area contributed by atoms with Crippen molar-refractivity contribution in [3.8, 4) is 11.5 Å². The summed E-state index contributed by atoms with van der Waals surface area (Å²) in [4.78, 5) is 9.20. The summed E-state index contributed by atoms with van der Waals surface area (Å²) in [6, 6.07) is 10.1. The summed E-state index contributed by atoms with van der Waals surface area (Å²) in [5.41, 5.74) is 1.14. The molecular weight excluding hydrogens is 370 g/mol. The molecule has 2 heterocycles. The highest BCUT2D eigenvalue weighted by Gasteiger charge is 2.20. The van der Waals surface area contributed by atoms with Gasteiger partial charge in [0.25, 0.3) is 0 Å². The highest BCUT2D eigenvalue weighted by Crippen LogP contribution is 2.33. The van der Waals surface area contributed by atoms with Crippen LogP contribution in [-0.4, -0.2) is 50.3 Å². The van der Waals surface area contributed by atoms with Crippen LogP contribution < -0.4 is 14.4 Å². The van der Waals surface area contributed by atoms with E-state index in [4.69, 9.17) is 9.47 Å². The van der Waals surface area contributed by atoms with Gasteiger partial charge in [-0.3, -0.25) is 4.90 Å². The Morgan fingerprint density at radius 2 is 1.79 bits per heavy atom. The first-order valence-corrected chi connectivity index (χ1v) is 8.79. The third-order valence-electron chi connectivity index (χ3n) is 4.29. The Kier molecular flexibility index (Phi) is 5.58. The SMILES string of the molecule is COc1cc(CN2CCN(c3ccccn3)CC2)c(OC)cc1Br. The van der Waals surface area contributed by atoms with E-state index in [2.05, 4.69) is 36.8 Å². The Hall–Kier alpha value is -1.79. The quantitative estimate of drug-likeness (QED) is 0.782. The third kappa shape index (κ3) is 3.82. The molecule has 2 aromatic rings. The number of halogens is 1. The van der Waals surface area contributed by atoms with E-state index in [0.717, 1.165) is 60.1 Å². The second kappa shape index (κ2) is 7.85. The number of ether oxygens (including phenoxy) is 2. The predicted octanol–water partition coefficient (Wildman–Crippen LogP) is 3.18. The van der Waals surface area contributed by atoms with E-state index in [1.54, 1.807) is 14.2 Å². The number of piperazine rings is 1. The van der Waals surface area contributed by atoms with Gasteiger partial charge >= 0.3 is 0 Å². The van der Waals surface area contributed by atoms with Gasteiger partial charge in [0.05, 0.1) is 18.7 Å². The van der Waals surface area contributed by atoms with Gasteiger partial charge in [-0.15, -0.1) is 0 Å².